The third-order valence-electron chi connectivity index (χ3n) is 3.59. The fourth-order valence-corrected chi connectivity index (χ4v) is 3.10. The molecule has 0 atom stereocenters. The number of nitrogens with zero attached hydrogens (tertiary/aromatic N) is 4. The average Bonchev–Trinajstić information content (AvgIpc) is 3.07. The van der Waals surface area contributed by atoms with Gasteiger partial charge in [-0.3, -0.25) is 14.5 Å². The SMILES string of the molecule is O=C(CCc1cncs1)NC1CC(Cn2cncn2)C1. The summed E-state index contributed by atoms with van der Waals surface area (Å²) in [6.45, 7) is 0.896. The summed E-state index contributed by atoms with van der Waals surface area (Å²) in [4.78, 5) is 20.9. The lowest BCUT2D eigenvalue weighted by atomic mass is 9.80. The van der Waals surface area contributed by atoms with E-state index < -0.39 is 0 Å². The first-order valence-corrected chi connectivity index (χ1v) is 7.66. The number of thiazole rings is 1. The number of nitrogens with one attached hydrogen (secondary N) is 1. The van der Waals surface area contributed by atoms with Gasteiger partial charge in [-0.25, -0.2) is 4.98 Å². The highest BCUT2D eigenvalue weighted by molar-refractivity contribution is 7.09. The van der Waals surface area contributed by atoms with Crippen LogP contribution in [0.25, 0.3) is 0 Å². The Hall–Kier alpha value is -1.76. The number of hydrogen-bond acceptors (Lipinski definition) is 5. The zero-order valence-corrected chi connectivity index (χ0v) is 11.9. The van der Waals surface area contributed by atoms with Gasteiger partial charge >= 0.3 is 0 Å². The molecule has 0 bridgehead atoms. The van der Waals surface area contributed by atoms with E-state index in [9.17, 15) is 4.79 Å². The molecule has 2 aromatic heterocycles. The van der Waals surface area contributed by atoms with Gasteiger partial charge in [0.1, 0.15) is 12.7 Å². The molecule has 1 N–H and O–H groups in total. The molecule has 1 aliphatic rings. The maximum absolute atomic E-state index is 11.8. The van der Waals surface area contributed by atoms with Gasteiger partial charge in [-0.2, -0.15) is 5.10 Å². The van der Waals surface area contributed by atoms with Crippen molar-refractivity contribution in [3.63, 3.8) is 0 Å². The number of amides is 1. The van der Waals surface area contributed by atoms with Crippen LogP contribution in [0.5, 0.6) is 0 Å². The van der Waals surface area contributed by atoms with Crippen LogP contribution in [-0.4, -0.2) is 31.7 Å². The molecule has 2 heterocycles. The molecule has 0 aliphatic heterocycles. The van der Waals surface area contributed by atoms with Crippen molar-refractivity contribution in [2.75, 3.05) is 0 Å². The van der Waals surface area contributed by atoms with Crippen LogP contribution in [0.4, 0.5) is 0 Å². The lowest BCUT2D eigenvalue weighted by molar-refractivity contribution is -0.122. The van der Waals surface area contributed by atoms with Crippen molar-refractivity contribution >= 4 is 17.2 Å². The molecule has 20 heavy (non-hydrogen) atoms. The Morgan fingerprint density at radius 1 is 1.45 bits per heavy atom. The summed E-state index contributed by atoms with van der Waals surface area (Å²) in [5.74, 6) is 0.742. The Balaban J connectivity index is 1.33. The standard InChI is InChI=1S/C13H17N5OS/c19-13(2-1-12-5-14-9-20-12)17-11-3-10(4-11)6-18-8-15-7-16-18/h5,7-11H,1-4,6H2,(H,17,19). The van der Waals surface area contributed by atoms with Crippen LogP contribution in [0, 0.1) is 5.92 Å². The van der Waals surface area contributed by atoms with E-state index in [2.05, 4.69) is 20.4 Å². The van der Waals surface area contributed by atoms with E-state index in [0.717, 1.165) is 30.7 Å². The van der Waals surface area contributed by atoms with E-state index in [1.165, 1.54) is 0 Å². The molecule has 106 valence electrons. The third kappa shape index (κ3) is 3.41. The van der Waals surface area contributed by atoms with Crippen LogP contribution in [0.15, 0.2) is 24.4 Å². The molecule has 7 heteroatoms. The number of hydrogen-bond donors (Lipinski definition) is 1. The third-order valence-corrected chi connectivity index (χ3v) is 4.43. The van der Waals surface area contributed by atoms with Crippen molar-refractivity contribution in [1.82, 2.24) is 25.1 Å². The Labute approximate surface area is 121 Å². The van der Waals surface area contributed by atoms with Gasteiger partial charge in [0.2, 0.25) is 5.91 Å². The molecule has 1 amide bonds. The normalized spacial score (nSPS) is 21.4. The van der Waals surface area contributed by atoms with Crippen molar-refractivity contribution in [2.24, 2.45) is 5.92 Å². The van der Waals surface area contributed by atoms with Gasteiger partial charge in [0, 0.05) is 30.1 Å². The second kappa shape index (κ2) is 6.13. The number of rotatable bonds is 6. The monoisotopic (exact) mass is 291 g/mol. The van der Waals surface area contributed by atoms with Crippen molar-refractivity contribution in [1.29, 1.82) is 0 Å². The van der Waals surface area contributed by atoms with E-state index in [1.54, 1.807) is 29.5 Å². The fraction of sp³-hybridized carbons (Fsp3) is 0.538. The molecule has 1 aliphatic carbocycles. The minimum atomic E-state index is 0.141. The summed E-state index contributed by atoms with van der Waals surface area (Å²) in [6.07, 6.45) is 8.52. The van der Waals surface area contributed by atoms with Gasteiger partial charge in [-0.05, 0) is 25.2 Å². The number of aromatic nitrogens is 4. The van der Waals surface area contributed by atoms with Crippen LogP contribution in [0.3, 0.4) is 0 Å². The topological polar surface area (TPSA) is 72.7 Å². The van der Waals surface area contributed by atoms with Crippen molar-refractivity contribution in [2.45, 2.75) is 38.3 Å². The van der Waals surface area contributed by atoms with E-state index in [0.29, 0.717) is 18.4 Å². The number of carbonyl (C=O) groups excluding carboxylic acids is 1. The maximum Gasteiger partial charge on any atom is 0.220 e. The Morgan fingerprint density at radius 2 is 2.35 bits per heavy atom. The van der Waals surface area contributed by atoms with Crippen LogP contribution in [0.1, 0.15) is 24.1 Å². The molecule has 0 saturated heterocycles. The molecule has 3 rings (SSSR count). The van der Waals surface area contributed by atoms with Crippen LogP contribution >= 0.6 is 11.3 Å². The van der Waals surface area contributed by atoms with Crippen molar-refractivity contribution in [3.05, 3.63) is 29.2 Å². The predicted molar refractivity (Wildman–Crippen MR) is 75.1 cm³/mol. The summed E-state index contributed by atoms with van der Waals surface area (Å²) in [5, 5.41) is 7.18. The molecule has 0 unspecified atom stereocenters. The largest absolute Gasteiger partial charge is 0.353 e. The molecular formula is C13H17N5OS. The lowest BCUT2D eigenvalue weighted by Crippen LogP contribution is -2.45. The van der Waals surface area contributed by atoms with E-state index in [4.69, 9.17) is 0 Å². The van der Waals surface area contributed by atoms with Crippen molar-refractivity contribution in [3.8, 4) is 0 Å². The smallest absolute Gasteiger partial charge is 0.220 e. The molecular weight excluding hydrogens is 274 g/mol. The van der Waals surface area contributed by atoms with E-state index >= 15 is 0 Å². The molecule has 1 saturated carbocycles. The van der Waals surface area contributed by atoms with Gasteiger partial charge in [0.25, 0.3) is 0 Å². The minimum absolute atomic E-state index is 0.141. The number of carbonyl (C=O) groups is 1. The van der Waals surface area contributed by atoms with Gasteiger partial charge in [0.15, 0.2) is 0 Å². The molecule has 0 aromatic carbocycles. The zero-order chi connectivity index (χ0) is 13.8. The average molecular weight is 291 g/mol. The summed E-state index contributed by atoms with van der Waals surface area (Å²) >= 11 is 1.60. The highest BCUT2D eigenvalue weighted by Gasteiger charge is 2.30. The van der Waals surface area contributed by atoms with E-state index in [-0.39, 0.29) is 5.91 Å². The molecule has 1 fully saturated rings. The minimum Gasteiger partial charge on any atom is -0.353 e. The second-order valence-corrected chi connectivity index (χ2v) is 6.16. The summed E-state index contributed by atoms with van der Waals surface area (Å²) in [5.41, 5.74) is 1.80. The molecule has 2 aromatic rings. The highest BCUT2D eigenvalue weighted by atomic mass is 32.1. The Morgan fingerprint density at radius 3 is 3.05 bits per heavy atom. The van der Waals surface area contributed by atoms with Crippen LogP contribution in [-0.2, 0) is 17.8 Å². The first-order valence-electron chi connectivity index (χ1n) is 6.79. The highest BCUT2D eigenvalue weighted by Crippen LogP contribution is 2.28. The molecule has 0 radical (unpaired) electrons. The van der Waals surface area contributed by atoms with Gasteiger partial charge < -0.3 is 5.32 Å². The second-order valence-electron chi connectivity index (χ2n) is 5.19. The van der Waals surface area contributed by atoms with Crippen LogP contribution in [0.2, 0.25) is 0 Å². The quantitative estimate of drug-likeness (QED) is 0.869. The first-order chi connectivity index (χ1) is 9.79. The summed E-state index contributed by atoms with van der Waals surface area (Å²) in [7, 11) is 0. The molecule has 0 spiro atoms. The lowest BCUT2D eigenvalue weighted by Gasteiger charge is -2.35. The van der Waals surface area contributed by atoms with Gasteiger partial charge in [-0.1, -0.05) is 0 Å². The Bertz CT molecular complexity index is 533. The van der Waals surface area contributed by atoms with Gasteiger partial charge in [0.05, 0.1) is 5.51 Å². The zero-order valence-electron chi connectivity index (χ0n) is 11.1. The molecule has 6 nitrogen and oxygen atoms in total. The van der Waals surface area contributed by atoms with Crippen molar-refractivity contribution < 1.29 is 4.79 Å². The summed E-state index contributed by atoms with van der Waals surface area (Å²) < 4.78 is 1.85. The van der Waals surface area contributed by atoms with Gasteiger partial charge in [-0.15, -0.1) is 11.3 Å². The summed E-state index contributed by atoms with van der Waals surface area (Å²) in [6, 6.07) is 0.331. The van der Waals surface area contributed by atoms with Crippen LogP contribution < -0.4 is 5.32 Å². The first kappa shape index (κ1) is 13.2. The fourth-order valence-electron chi connectivity index (χ4n) is 2.50. The Kier molecular flexibility index (Phi) is 4.05. The maximum atomic E-state index is 11.8. The number of aryl methyl sites for hydroxylation is 1. The van der Waals surface area contributed by atoms with E-state index in [1.807, 2.05) is 10.9 Å². The predicted octanol–water partition coefficient (Wildman–Crippen LogP) is 1.26.